The summed E-state index contributed by atoms with van der Waals surface area (Å²) in [7, 11) is 0. The summed E-state index contributed by atoms with van der Waals surface area (Å²) in [4.78, 5) is 27.4. The molecule has 0 bridgehead atoms. The minimum atomic E-state index is -0.760. The van der Waals surface area contributed by atoms with Gasteiger partial charge in [-0.15, -0.1) is 0 Å². The smallest absolute Gasteiger partial charge is 0.262 e. The third kappa shape index (κ3) is 6.97. The van der Waals surface area contributed by atoms with E-state index in [1.807, 2.05) is 38.1 Å². The fourth-order valence-corrected chi connectivity index (χ4v) is 3.29. The molecule has 0 saturated carbocycles. The van der Waals surface area contributed by atoms with E-state index >= 15 is 0 Å². The lowest BCUT2D eigenvalue weighted by molar-refractivity contribution is -0.123. The van der Waals surface area contributed by atoms with Gasteiger partial charge in [-0.1, -0.05) is 49.2 Å². The summed E-state index contributed by atoms with van der Waals surface area (Å²) in [6, 6.07) is 11.7. The van der Waals surface area contributed by atoms with Crippen molar-refractivity contribution in [2.75, 3.05) is 18.0 Å². The summed E-state index contributed by atoms with van der Waals surface area (Å²) in [6.45, 7) is 9.78. The summed E-state index contributed by atoms with van der Waals surface area (Å²) in [5.41, 5.74) is 4.83. The molecule has 2 aromatic rings. The highest BCUT2D eigenvalue weighted by atomic mass is 35.5. The van der Waals surface area contributed by atoms with E-state index in [0.717, 1.165) is 24.3 Å². The van der Waals surface area contributed by atoms with Crippen LogP contribution in [0.1, 0.15) is 43.6 Å². The van der Waals surface area contributed by atoms with E-state index in [0.29, 0.717) is 10.6 Å². The van der Waals surface area contributed by atoms with Crippen LogP contribution in [-0.2, 0) is 4.79 Å². The first-order valence-electron chi connectivity index (χ1n) is 10.2. The average molecular weight is 463 g/mol. The highest BCUT2D eigenvalue weighted by Crippen LogP contribution is 2.22. The zero-order valence-electron chi connectivity index (χ0n) is 18.2. The van der Waals surface area contributed by atoms with E-state index in [2.05, 4.69) is 34.6 Å². The molecule has 0 aliphatic heterocycles. The van der Waals surface area contributed by atoms with Gasteiger partial charge in [-0.05, 0) is 55.7 Å². The van der Waals surface area contributed by atoms with Crippen LogP contribution in [0, 0.1) is 5.92 Å². The van der Waals surface area contributed by atoms with Gasteiger partial charge in [0.2, 0.25) is 0 Å². The van der Waals surface area contributed by atoms with Gasteiger partial charge in [0.25, 0.3) is 11.8 Å². The number of nitrogens with zero attached hydrogens (tertiary/aromatic N) is 2. The highest BCUT2D eigenvalue weighted by Gasteiger charge is 2.24. The first kappa shape index (κ1) is 24.7. The van der Waals surface area contributed by atoms with Crippen molar-refractivity contribution in [3.63, 3.8) is 0 Å². The lowest BCUT2D eigenvalue weighted by atomic mass is 10.0. The lowest BCUT2D eigenvalue weighted by Gasteiger charge is -2.21. The van der Waals surface area contributed by atoms with Gasteiger partial charge >= 0.3 is 0 Å². The Bertz CT molecular complexity index is 926. The van der Waals surface area contributed by atoms with E-state index in [4.69, 9.17) is 23.2 Å². The number of halogens is 2. The molecule has 6 nitrogen and oxygen atoms in total. The van der Waals surface area contributed by atoms with Gasteiger partial charge < -0.3 is 10.2 Å². The molecule has 0 radical (unpaired) electrons. The number of carbonyl (C=O) groups excluding carboxylic acids is 2. The van der Waals surface area contributed by atoms with Gasteiger partial charge in [-0.25, -0.2) is 5.43 Å². The van der Waals surface area contributed by atoms with Gasteiger partial charge in [0.1, 0.15) is 6.04 Å². The van der Waals surface area contributed by atoms with Crippen LogP contribution in [0.5, 0.6) is 0 Å². The van der Waals surface area contributed by atoms with Gasteiger partial charge in [-0.2, -0.15) is 5.10 Å². The summed E-state index contributed by atoms with van der Waals surface area (Å²) >= 11 is 11.9. The lowest BCUT2D eigenvalue weighted by Crippen LogP contribution is -2.48. The molecular weight excluding hydrogens is 435 g/mol. The third-order valence-electron chi connectivity index (χ3n) is 4.83. The molecule has 0 aromatic heterocycles. The SMILES string of the molecule is CCN(CC)c1ccc(C=NNC(=O)C(NC(=O)c2ccc(Cl)c(Cl)c2)C(C)C)cc1. The van der Waals surface area contributed by atoms with Crippen molar-refractivity contribution in [2.24, 2.45) is 11.0 Å². The van der Waals surface area contributed by atoms with Crippen LogP contribution < -0.4 is 15.6 Å². The topological polar surface area (TPSA) is 73.8 Å². The summed E-state index contributed by atoms with van der Waals surface area (Å²) in [6.07, 6.45) is 1.57. The maximum atomic E-state index is 12.6. The zero-order valence-corrected chi connectivity index (χ0v) is 19.7. The van der Waals surface area contributed by atoms with Crippen LogP contribution >= 0.6 is 23.2 Å². The largest absolute Gasteiger partial charge is 0.372 e. The number of hydrogen-bond acceptors (Lipinski definition) is 4. The molecular formula is C23H28Cl2N4O2. The molecule has 2 amide bonds. The van der Waals surface area contributed by atoms with E-state index in [9.17, 15) is 9.59 Å². The number of nitrogens with one attached hydrogen (secondary N) is 2. The fourth-order valence-electron chi connectivity index (χ4n) is 3.00. The van der Waals surface area contributed by atoms with Crippen molar-refractivity contribution in [3.05, 3.63) is 63.6 Å². The second-order valence-corrected chi connectivity index (χ2v) is 8.14. The molecule has 0 heterocycles. The van der Waals surface area contributed by atoms with E-state index in [1.165, 1.54) is 6.07 Å². The maximum Gasteiger partial charge on any atom is 0.262 e. The number of amides is 2. The quantitative estimate of drug-likeness (QED) is 0.417. The molecule has 31 heavy (non-hydrogen) atoms. The summed E-state index contributed by atoms with van der Waals surface area (Å²) in [5, 5.41) is 7.40. The van der Waals surface area contributed by atoms with Gasteiger partial charge in [0.15, 0.2) is 0 Å². The number of anilines is 1. The minimum absolute atomic E-state index is 0.143. The Morgan fingerprint density at radius 2 is 1.68 bits per heavy atom. The molecule has 2 aromatic carbocycles. The second kappa shape index (κ2) is 11.7. The zero-order chi connectivity index (χ0) is 23.0. The van der Waals surface area contributed by atoms with Crippen LogP contribution in [0.4, 0.5) is 5.69 Å². The molecule has 2 rings (SSSR count). The van der Waals surface area contributed by atoms with Crippen molar-refractivity contribution in [3.8, 4) is 0 Å². The Hall–Kier alpha value is -2.57. The molecule has 0 aliphatic rings. The molecule has 166 valence electrons. The fraction of sp³-hybridized carbons (Fsp3) is 0.348. The molecule has 1 atom stereocenters. The van der Waals surface area contributed by atoms with Crippen LogP contribution in [0.2, 0.25) is 10.0 Å². The first-order valence-corrected chi connectivity index (χ1v) is 11.0. The van der Waals surface area contributed by atoms with Crippen LogP contribution in [0.25, 0.3) is 0 Å². The minimum Gasteiger partial charge on any atom is -0.372 e. The van der Waals surface area contributed by atoms with E-state index < -0.39 is 17.9 Å². The molecule has 2 N–H and O–H groups in total. The number of carbonyl (C=O) groups is 2. The van der Waals surface area contributed by atoms with Gasteiger partial charge in [0, 0.05) is 24.3 Å². The Morgan fingerprint density at radius 3 is 2.23 bits per heavy atom. The van der Waals surface area contributed by atoms with E-state index in [1.54, 1.807) is 18.3 Å². The number of hydrazone groups is 1. The molecule has 0 saturated heterocycles. The van der Waals surface area contributed by atoms with Crippen molar-refractivity contribution in [1.29, 1.82) is 0 Å². The van der Waals surface area contributed by atoms with Crippen molar-refractivity contribution >= 4 is 46.9 Å². The predicted molar refractivity (Wildman–Crippen MR) is 128 cm³/mol. The average Bonchev–Trinajstić information content (AvgIpc) is 2.75. The van der Waals surface area contributed by atoms with Crippen molar-refractivity contribution < 1.29 is 9.59 Å². The first-order chi connectivity index (χ1) is 14.8. The normalized spacial score (nSPS) is 12.1. The molecule has 0 aliphatic carbocycles. The molecule has 1 unspecified atom stereocenters. The molecule has 0 fully saturated rings. The summed E-state index contributed by atoms with van der Waals surface area (Å²) < 4.78 is 0. The summed E-state index contributed by atoms with van der Waals surface area (Å²) in [5.74, 6) is -0.960. The van der Waals surface area contributed by atoms with Gasteiger partial charge in [0.05, 0.1) is 16.3 Å². The maximum absolute atomic E-state index is 12.6. The Morgan fingerprint density at radius 1 is 1.03 bits per heavy atom. The predicted octanol–water partition coefficient (Wildman–Crippen LogP) is 4.74. The Balaban J connectivity index is 2.00. The van der Waals surface area contributed by atoms with Gasteiger partial charge in [-0.3, -0.25) is 9.59 Å². The van der Waals surface area contributed by atoms with Crippen LogP contribution in [-0.4, -0.2) is 37.2 Å². The Labute approximate surface area is 193 Å². The third-order valence-corrected chi connectivity index (χ3v) is 5.57. The van der Waals surface area contributed by atoms with Crippen molar-refractivity contribution in [2.45, 2.75) is 33.7 Å². The van der Waals surface area contributed by atoms with Crippen LogP contribution in [0.3, 0.4) is 0 Å². The molecule has 0 spiro atoms. The second-order valence-electron chi connectivity index (χ2n) is 7.32. The number of hydrogen-bond donors (Lipinski definition) is 2. The van der Waals surface area contributed by atoms with Crippen LogP contribution in [0.15, 0.2) is 47.6 Å². The molecule has 8 heteroatoms. The number of benzene rings is 2. The van der Waals surface area contributed by atoms with E-state index in [-0.39, 0.29) is 10.9 Å². The van der Waals surface area contributed by atoms with Crippen molar-refractivity contribution in [1.82, 2.24) is 10.7 Å². The standard InChI is InChI=1S/C23H28Cl2N4O2/c1-5-29(6-2)18-10-7-16(8-11-18)14-26-28-23(31)21(15(3)4)27-22(30)17-9-12-19(24)20(25)13-17/h7-15,21H,5-6H2,1-4H3,(H,27,30)(H,28,31). The Kier molecular flexibility index (Phi) is 9.34. The number of rotatable bonds is 9. The monoisotopic (exact) mass is 462 g/mol. The highest BCUT2D eigenvalue weighted by molar-refractivity contribution is 6.42.